The molecule has 0 aromatic carbocycles. The molecule has 2 aliphatic carbocycles. The van der Waals surface area contributed by atoms with Gasteiger partial charge >= 0.3 is 0 Å². The zero-order valence-corrected chi connectivity index (χ0v) is 9.67. The summed E-state index contributed by atoms with van der Waals surface area (Å²) in [6.45, 7) is 3.90. The second-order valence-corrected chi connectivity index (χ2v) is 5.35. The van der Waals surface area contributed by atoms with Crippen LogP contribution < -0.4 is 0 Å². The Morgan fingerprint density at radius 3 is 2.00 bits per heavy atom. The van der Waals surface area contributed by atoms with Crippen LogP contribution in [0.2, 0.25) is 0 Å². The van der Waals surface area contributed by atoms with Gasteiger partial charge in [-0.25, -0.2) is 0 Å². The van der Waals surface area contributed by atoms with Gasteiger partial charge < -0.3 is 5.41 Å². The second kappa shape index (κ2) is 4.96. The average Bonchev–Trinajstić information content (AvgIpc) is 2.30. The molecule has 0 aromatic heterocycles. The highest BCUT2D eigenvalue weighted by Crippen LogP contribution is 2.39. The van der Waals surface area contributed by atoms with Gasteiger partial charge in [0.15, 0.2) is 0 Å². The summed E-state index contributed by atoms with van der Waals surface area (Å²) >= 11 is 0. The highest BCUT2D eigenvalue weighted by Gasteiger charge is 2.28. The SMILES string of the molecule is C=CC1CCC(C2CCC(=N)CC2)CC1. The van der Waals surface area contributed by atoms with E-state index in [1.807, 2.05) is 0 Å². The Hall–Kier alpha value is -0.590. The van der Waals surface area contributed by atoms with E-state index in [1.165, 1.54) is 38.5 Å². The molecule has 1 heteroatoms. The highest BCUT2D eigenvalue weighted by atomic mass is 14.4. The van der Waals surface area contributed by atoms with Crippen molar-refractivity contribution in [2.24, 2.45) is 17.8 Å². The minimum atomic E-state index is 0.795. The van der Waals surface area contributed by atoms with E-state index in [0.717, 1.165) is 36.3 Å². The smallest absolute Gasteiger partial charge is 0.00893 e. The molecule has 0 amide bonds. The molecule has 0 spiro atoms. The molecule has 1 N–H and O–H groups in total. The van der Waals surface area contributed by atoms with E-state index in [0.29, 0.717) is 0 Å². The molecule has 2 fully saturated rings. The molecule has 0 aliphatic heterocycles. The van der Waals surface area contributed by atoms with Gasteiger partial charge in [-0.3, -0.25) is 0 Å². The maximum absolute atomic E-state index is 7.64. The predicted octanol–water partition coefficient (Wildman–Crippen LogP) is 4.19. The van der Waals surface area contributed by atoms with Gasteiger partial charge in [0.1, 0.15) is 0 Å². The van der Waals surface area contributed by atoms with E-state index >= 15 is 0 Å². The Labute approximate surface area is 93.5 Å². The molecule has 2 rings (SSSR count). The molecule has 2 aliphatic rings. The van der Waals surface area contributed by atoms with Gasteiger partial charge in [-0.1, -0.05) is 6.08 Å². The summed E-state index contributed by atoms with van der Waals surface area (Å²) in [5, 5.41) is 7.64. The van der Waals surface area contributed by atoms with Gasteiger partial charge in [-0.05, 0) is 69.1 Å². The molecule has 0 aromatic rings. The first-order chi connectivity index (χ1) is 7.29. The van der Waals surface area contributed by atoms with Crippen molar-refractivity contribution in [2.75, 3.05) is 0 Å². The van der Waals surface area contributed by atoms with E-state index in [4.69, 9.17) is 5.41 Å². The summed E-state index contributed by atoms with van der Waals surface area (Å²) in [7, 11) is 0. The quantitative estimate of drug-likeness (QED) is 0.654. The number of rotatable bonds is 2. The Kier molecular flexibility index (Phi) is 3.61. The summed E-state index contributed by atoms with van der Waals surface area (Å²) in [6.07, 6.45) is 12.4. The van der Waals surface area contributed by atoms with Crippen LogP contribution in [0.3, 0.4) is 0 Å². The van der Waals surface area contributed by atoms with Crippen molar-refractivity contribution in [3.05, 3.63) is 12.7 Å². The zero-order chi connectivity index (χ0) is 10.7. The van der Waals surface area contributed by atoms with Crippen LogP contribution in [0, 0.1) is 23.2 Å². The van der Waals surface area contributed by atoms with Crippen molar-refractivity contribution in [3.8, 4) is 0 Å². The molecule has 84 valence electrons. The molecule has 0 saturated heterocycles. The van der Waals surface area contributed by atoms with Crippen LogP contribution in [0.5, 0.6) is 0 Å². The maximum Gasteiger partial charge on any atom is 0.00893 e. The summed E-state index contributed by atoms with van der Waals surface area (Å²) in [5.74, 6) is 2.70. The van der Waals surface area contributed by atoms with E-state index in [2.05, 4.69) is 12.7 Å². The third-order valence-corrected chi connectivity index (χ3v) is 4.45. The molecular formula is C14H23N. The van der Waals surface area contributed by atoms with Crippen LogP contribution in [0.1, 0.15) is 51.4 Å². The Morgan fingerprint density at radius 1 is 0.933 bits per heavy atom. The molecule has 0 bridgehead atoms. The fraction of sp³-hybridized carbons (Fsp3) is 0.786. The van der Waals surface area contributed by atoms with Crippen LogP contribution >= 0.6 is 0 Å². The molecule has 0 heterocycles. The molecule has 0 unspecified atom stereocenters. The average molecular weight is 205 g/mol. The standard InChI is InChI=1S/C14H23N/c1-2-11-3-5-12(6-4-11)13-7-9-14(15)10-8-13/h2,11-13,15H,1,3-10H2. The highest BCUT2D eigenvalue weighted by molar-refractivity contribution is 5.81. The second-order valence-electron chi connectivity index (χ2n) is 5.35. The summed E-state index contributed by atoms with van der Waals surface area (Å²) in [5.41, 5.74) is 0.992. The van der Waals surface area contributed by atoms with Gasteiger partial charge in [0, 0.05) is 5.71 Å². The first-order valence-electron chi connectivity index (χ1n) is 6.48. The predicted molar refractivity (Wildman–Crippen MR) is 65.3 cm³/mol. The van der Waals surface area contributed by atoms with Gasteiger partial charge in [0.25, 0.3) is 0 Å². The number of allylic oxidation sites excluding steroid dienone is 1. The maximum atomic E-state index is 7.64. The first-order valence-corrected chi connectivity index (χ1v) is 6.48. The normalized spacial score (nSPS) is 37.6. The van der Waals surface area contributed by atoms with Gasteiger partial charge in [0.05, 0.1) is 0 Å². The molecule has 0 atom stereocenters. The molecule has 15 heavy (non-hydrogen) atoms. The minimum Gasteiger partial charge on any atom is -0.310 e. The van der Waals surface area contributed by atoms with Crippen molar-refractivity contribution in [1.82, 2.24) is 0 Å². The summed E-state index contributed by atoms with van der Waals surface area (Å²) < 4.78 is 0. The largest absolute Gasteiger partial charge is 0.310 e. The van der Waals surface area contributed by atoms with E-state index in [9.17, 15) is 0 Å². The van der Waals surface area contributed by atoms with E-state index in [-0.39, 0.29) is 0 Å². The van der Waals surface area contributed by atoms with E-state index in [1.54, 1.807) is 0 Å². The zero-order valence-electron chi connectivity index (χ0n) is 9.67. The van der Waals surface area contributed by atoms with Crippen LogP contribution in [-0.2, 0) is 0 Å². The molecular weight excluding hydrogens is 182 g/mol. The lowest BCUT2D eigenvalue weighted by molar-refractivity contribution is 0.201. The van der Waals surface area contributed by atoms with Crippen molar-refractivity contribution < 1.29 is 0 Å². The molecule has 1 nitrogen and oxygen atoms in total. The fourth-order valence-corrected chi connectivity index (χ4v) is 3.31. The fourth-order valence-electron chi connectivity index (χ4n) is 3.31. The lowest BCUT2D eigenvalue weighted by atomic mass is 9.71. The van der Waals surface area contributed by atoms with Crippen molar-refractivity contribution >= 4 is 5.71 Å². The van der Waals surface area contributed by atoms with Gasteiger partial charge in [-0.2, -0.15) is 0 Å². The van der Waals surface area contributed by atoms with Crippen LogP contribution in [0.25, 0.3) is 0 Å². The number of hydrogen-bond acceptors (Lipinski definition) is 1. The van der Waals surface area contributed by atoms with Crippen LogP contribution in [-0.4, -0.2) is 5.71 Å². The monoisotopic (exact) mass is 205 g/mol. The topological polar surface area (TPSA) is 23.9 Å². The van der Waals surface area contributed by atoms with Gasteiger partial charge in [-0.15, -0.1) is 6.58 Å². The van der Waals surface area contributed by atoms with Crippen LogP contribution in [0.15, 0.2) is 12.7 Å². The summed E-state index contributed by atoms with van der Waals surface area (Å²) in [4.78, 5) is 0. The third-order valence-electron chi connectivity index (χ3n) is 4.45. The first kappa shape index (κ1) is 10.9. The lowest BCUT2D eigenvalue weighted by Gasteiger charge is -2.35. The number of nitrogens with one attached hydrogen (secondary N) is 1. The molecule has 0 radical (unpaired) electrons. The Balaban J connectivity index is 1.80. The Morgan fingerprint density at radius 2 is 1.47 bits per heavy atom. The number of hydrogen-bond donors (Lipinski definition) is 1. The Bertz CT molecular complexity index is 226. The third kappa shape index (κ3) is 2.70. The van der Waals surface area contributed by atoms with E-state index < -0.39 is 0 Å². The summed E-state index contributed by atoms with van der Waals surface area (Å²) in [6, 6.07) is 0. The van der Waals surface area contributed by atoms with Crippen molar-refractivity contribution in [1.29, 1.82) is 5.41 Å². The van der Waals surface area contributed by atoms with Crippen molar-refractivity contribution in [2.45, 2.75) is 51.4 Å². The lowest BCUT2D eigenvalue weighted by Crippen LogP contribution is -2.25. The minimum absolute atomic E-state index is 0.795. The van der Waals surface area contributed by atoms with Gasteiger partial charge in [0.2, 0.25) is 0 Å². The van der Waals surface area contributed by atoms with Crippen LogP contribution in [0.4, 0.5) is 0 Å². The molecule has 2 saturated carbocycles. The van der Waals surface area contributed by atoms with Crippen molar-refractivity contribution in [3.63, 3.8) is 0 Å².